The van der Waals surface area contributed by atoms with Gasteiger partial charge in [-0.3, -0.25) is 14.6 Å². The second-order valence-electron chi connectivity index (χ2n) is 7.34. The van der Waals surface area contributed by atoms with E-state index in [1.54, 1.807) is 12.1 Å². The van der Waals surface area contributed by atoms with E-state index in [1.807, 2.05) is 13.8 Å². The SMILES string of the molecule is CC(C)NC(=O)CN1CCN(Cc2nc(N)nc(Nc3ccc(F)cc3)n2)CC1. The van der Waals surface area contributed by atoms with Crippen LogP contribution >= 0.6 is 0 Å². The highest BCUT2D eigenvalue weighted by Gasteiger charge is 2.20. The highest BCUT2D eigenvalue weighted by Crippen LogP contribution is 2.15. The summed E-state index contributed by atoms with van der Waals surface area (Å²) in [5.41, 5.74) is 6.49. The fourth-order valence-electron chi connectivity index (χ4n) is 3.10. The molecule has 10 heteroatoms. The van der Waals surface area contributed by atoms with Crippen LogP contribution in [0.2, 0.25) is 0 Å². The molecule has 2 heterocycles. The highest BCUT2D eigenvalue weighted by molar-refractivity contribution is 5.78. The molecule has 4 N–H and O–H groups in total. The largest absolute Gasteiger partial charge is 0.368 e. The quantitative estimate of drug-likeness (QED) is 0.628. The van der Waals surface area contributed by atoms with Crippen molar-refractivity contribution in [2.24, 2.45) is 0 Å². The molecule has 1 saturated heterocycles. The van der Waals surface area contributed by atoms with Gasteiger partial charge in [0.1, 0.15) is 11.6 Å². The molecular formula is C19H27FN8O. The Hall–Kier alpha value is -2.85. The van der Waals surface area contributed by atoms with Gasteiger partial charge in [-0.05, 0) is 38.1 Å². The van der Waals surface area contributed by atoms with Gasteiger partial charge in [0.2, 0.25) is 17.8 Å². The van der Waals surface area contributed by atoms with Gasteiger partial charge in [-0.15, -0.1) is 0 Å². The van der Waals surface area contributed by atoms with Crippen LogP contribution in [0.4, 0.5) is 22.0 Å². The molecule has 29 heavy (non-hydrogen) atoms. The average molecular weight is 402 g/mol. The lowest BCUT2D eigenvalue weighted by molar-refractivity contribution is -0.123. The van der Waals surface area contributed by atoms with E-state index in [0.717, 1.165) is 26.2 Å². The summed E-state index contributed by atoms with van der Waals surface area (Å²) in [6.07, 6.45) is 0. The van der Waals surface area contributed by atoms with Gasteiger partial charge in [-0.25, -0.2) is 4.39 Å². The minimum atomic E-state index is -0.313. The molecule has 9 nitrogen and oxygen atoms in total. The third-order valence-corrected chi connectivity index (χ3v) is 4.45. The number of rotatable bonds is 7. The maximum atomic E-state index is 13.0. The molecule has 1 aliphatic rings. The van der Waals surface area contributed by atoms with E-state index in [9.17, 15) is 9.18 Å². The molecule has 1 aliphatic heterocycles. The lowest BCUT2D eigenvalue weighted by Crippen LogP contribution is -2.49. The summed E-state index contributed by atoms with van der Waals surface area (Å²) < 4.78 is 13.0. The second-order valence-corrected chi connectivity index (χ2v) is 7.34. The third-order valence-electron chi connectivity index (χ3n) is 4.45. The predicted molar refractivity (Wildman–Crippen MR) is 109 cm³/mol. The molecule has 1 fully saturated rings. The number of nitrogens with one attached hydrogen (secondary N) is 2. The summed E-state index contributed by atoms with van der Waals surface area (Å²) in [7, 11) is 0. The highest BCUT2D eigenvalue weighted by atomic mass is 19.1. The monoisotopic (exact) mass is 402 g/mol. The number of anilines is 3. The van der Waals surface area contributed by atoms with E-state index in [0.29, 0.717) is 30.5 Å². The van der Waals surface area contributed by atoms with E-state index < -0.39 is 0 Å². The van der Waals surface area contributed by atoms with Gasteiger partial charge in [-0.1, -0.05) is 0 Å². The van der Waals surface area contributed by atoms with Gasteiger partial charge in [0, 0.05) is 37.9 Å². The van der Waals surface area contributed by atoms with Gasteiger partial charge in [0.25, 0.3) is 0 Å². The molecule has 3 rings (SSSR count). The van der Waals surface area contributed by atoms with Crippen LogP contribution in [0, 0.1) is 5.82 Å². The van der Waals surface area contributed by atoms with Crippen molar-refractivity contribution >= 4 is 23.5 Å². The van der Waals surface area contributed by atoms with Crippen molar-refractivity contribution in [1.29, 1.82) is 0 Å². The van der Waals surface area contributed by atoms with Crippen molar-refractivity contribution in [3.63, 3.8) is 0 Å². The fraction of sp³-hybridized carbons (Fsp3) is 0.474. The Morgan fingerprint density at radius 2 is 1.76 bits per heavy atom. The number of carbonyl (C=O) groups is 1. The summed E-state index contributed by atoms with van der Waals surface area (Å²) >= 11 is 0. The zero-order chi connectivity index (χ0) is 20.8. The number of nitrogens with two attached hydrogens (primary N) is 1. The third kappa shape index (κ3) is 6.61. The number of carbonyl (C=O) groups excluding carboxylic acids is 1. The van der Waals surface area contributed by atoms with Crippen LogP contribution in [0.1, 0.15) is 19.7 Å². The lowest BCUT2D eigenvalue weighted by atomic mass is 10.3. The van der Waals surface area contributed by atoms with E-state index in [4.69, 9.17) is 5.73 Å². The zero-order valence-corrected chi connectivity index (χ0v) is 16.7. The Kier molecular flexibility index (Phi) is 6.89. The van der Waals surface area contributed by atoms with Crippen molar-refractivity contribution < 1.29 is 9.18 Å². The molecule has 0 spiro atoms. The normalized spacial score (nSPS) is 15.4. The Balaban J connectivity index is 1.53. The van der Waals surface area contributed by atoms with Crippen molar-refractivity contribution in [3.05, 3.63) is 35.9 Å². The summed E-state index contributed by atoms with van der Waals surface area (Å²) in [5.74, 6) is 0.752. The molecule has 0 saturated carbocycles. The van der Waals surface area contributed by atoms with Crippen molar-refractivity contribution in [2.45, 2.75) is 26.4 Å². The number of aromatic nitrogens is 3. The first kappa shape index (κ1) is 20.9. The number of piperazine rings is 1. The minimum absolute atomic E-state index is 0.0511. The number of benzene rings is 1. The molecule has 0 bridgehead atoms. The predicted octanol–water partition coefficient (Wildman–Crippen LogP) is 0.979. The Morgan fingerprint density at radius 3 is 2.41 bits per heavy atom. The van der Waals surface area contributed by atoms with Crippen LogP contribution in [0.25, 0.3) is 0 Å². The molecule has 0 radical (unpaired) electrons. The second kappa shape index (κ2) is 9.57. The maximum absolute atomic E-state index is 13.0. The van der Waals surface area contributed by atoms with Gasteiger partial charge in [-0.2, -0.15) is 15.0 Å². The molecule has 1 amide bonds. The van der Waals surface area contributed by atoms with Crippen LogP contribution in [0.15, 0.2) is 24.3 Å². The summed E-state index contributed by atoms with van der Waals surface area (Å²) in [4.78, 5) is 29.0. The van der Waals surface area contributed by atoms with Crippen molar-refractivity contribution in [1.82, 2.24) is 30.1 Å². The smallest absolute Gasteiger partial charge is 0.234 e. The van der Waals surface area contributed by atoms with Crippen LogP contribution in [0.3, 0.4) is 0 Å². The molecule has 0 unspecified atom stereocenters. The summed E-state index contributed by atoms with van der Waals surface area (Å²) in [5, 5.41) is 5.93. The van der Waals surface area contributed by atoms with Gasteiger partial charge in [0.15, 0.2) is 0 Å². The van der Waals surface area contributed by atoms with Crippen molar-refractivity contribution in [2.75, 3.05) is 43.8 Å². The first-order valence-corrected chi connectivity index (χ1v) is 9.64. The Labute approximate surface area is 169 Å². The minimum Gasteiger partial charge on any atom is -0.368 e. The topological polar surface area (TPSA) is 112 Å². The van der Waals surface area contributed by atoms with Crippen LogP contribution in [0.5, 0.6) is 0 Å². The lowest BCUT2D eigenvalue weighted by Gasteiger charge is -2.34. The molecule has 0 aliphatic carbocycles. The molecular weight excluding hydrogens is 375 g/mol. The van der Waals surface area contributed by atoms with Crippen LogP contribution < -0.4 is 16.4 Å². The summed E-state index contributed by atoms with van der Waals surface area (Å²) in [6.45, 7) is 8.07. The first-order chi connectivity index (χ1) is 13.9. The van der Waals surface area contributed by atoms with Crippen LogP contribution in [-0.2, 0) is 11.3 Å². The molecule has 156 valence electrons. The fourth-order valence-corrected chi connectivity index (χ4v) is 3.10. The van der Waals surface area contributed by atoms with Gasteiger partial charge in [0.05, 0.1) is 13.1 Å². The maximum Gasteiger partial charge on any atom is 0.234 e. The average Bonchev–Trinajstić information content (AvgIpc) is 2.64. The molecule has 1 aromatic heterocycles. The van der Waals surface area contributed by atoms with Crippen molar-refractivity contribution in [3.8, 4) is 0 Å². The number of hydrogen-bond donors (Lipinski definition) is 3. The van der Waals surface area contributed by atoms with Gasteiger partial charge >= 0.3 is 0 Å². The number of nitrogen functional groups attached to an aromatic ring is 1. The van der Waals surface area contributed by atoms with Crippen LogP contribution in [-0.4, -0.2) is 69.4 Å². The number of nitrogens with zero attached hydrogens (tertiary/aromatic N) is 5. The number of halogens is 1. The van der Waals surface area contributed by atoms with Gasteiger partial charge < -0.3 is 16.4 Å². The van der Waals surface area contributed by atoms with E-state index >= 15 is 0 Å². The Morgan fingerprint density at radius 1 is 1.10 bits per heavy atom. The number of hydrogen-bond acceptors (Lipinski definition) is 8. The molecule has 2 aromatic rings. The van der Waals surface area contributed by atoms with E-state index in [-0.39, 0.29) is 23.7 Å². The zero-order valence-electron chi connectivity index (χ0n) is 16.7. The van der Waals surface area contributed by atoms with E-state index in [2.05, 4.69) is 35.4 Å². The standard InChI is InChI=1S/C19H27FN8O/c1-13(2)22-17(29)12-28-9-7-27(8-10-28)11-16-24-18(21)26-19(25-16)23-15-5-3-14(20)4-6-15/h3-6,13H,7-12H2,1-2H3,(H,22,29)(H3,21,23,24,25,26). The summed E-state index contributed by atoms with van der Waals surface area (Å²) in [6, 6.07) is 6.06. The Bertz CT molecular complexity index is 821. The molecule has 1 aromatic carbocycles. The first-order valence-electron chi connectivity index (χ1n) is 9.64. The number of amides is 1. The molecule has 0 atom stereocenters. The van der Waals surface area contributed by atoms with E-state index in [1.165, 1.54) is 12.1 Å².